The number of nitro benzene ring substituents is 1. The van der Waals surface area contributed by atoms with E-state index in [1.54, 1.807) is 19.2 Å². The molecule has 21 heavy (non-hydrogen) atoms. The molecule has 0 bridgehead atoms. The van der Waals surface area contributed by atoms with Gasteiger partial charge in [-0.2, -0.15) is 0 Å². The lowest BCUT2D eigenvalue weighted by atomic mass is 9.92. The second-order valence-electron chi connectivity index (χ2n) is 4.84. The predicted molar refractivity (Wildman–Crippen MR) is 81.6 cm³/mol. The second kappa shape index (κ2) is 6.85. The number of nitrogens with zero attached hydrogens (tertiary/aromatic N) is 1. The molecule has 5 heteroatoms. The molecule has 0 aliphatic rings. The predicted octanol–water partition coefficient (Wildman–Crippen LogP) is 2.89. The normalized spacial score (nSPS) is 11.9. The summed E-state index contributed by atoms with van der Waals surface area (Å²) in [6.45, 7) is 0.481. The van der Waals surface area contributed by atoms with Gasteiger partial charge in [0.15, 0.2) is 0 Å². The Morgan fingerprint density at radius 2 is 1.95 bits per heavy atom. The SMILES string of the molecule is COc1ccc(C(CN)Cc2cccc([N+](=O)[O-])c2)cc1. The minimum Gasteiger partial charge on any atom is -0.497 e. The highest BCUT2D eigenvalue weighted by atomic mass is 16.6. The van der Waals surface area contributed by atoms with Crippen molar-refractivity contribution in [3.63, 3.8) is 0 Å². The highest BCUT2D eigenvalue weighted by Gasteiger charge is 2.13. The largest absolute Gasteiger partial charge is 0.497 e. The van der Waals surface area contributed by atoms with Gasteiger partial charge >= 0.3 is 0 Å². The Morgan fingerprint density at radius 3 is 2.52 bits per heavy atom. The van der Waals surface area contributed by atoms with Crippen molar-refractivity contribution in [3.05, 3.63) is 69.8 Å². The van der Waals surface area contributed by atoms with Crippen molar-refractivity contribution in [2.45, 2.75) is 12.3 Å². The molecule has 2 aromatic rings. The van der Waals surface area contributed by atoms with Crippen LogP contribution in [-0.4, -0.2) is 18.6 Å². The van der Waals surface area contributed by atoms with Gasteiger partial charge in [-0.15, -0.1) is 0 Å². The maximum atomic E-state index is 10.8. The van der Waals surface area contributed by atoms with Crippen molar-refractivity contribution in [2.24, 2.45) is 5.73 Å². The van der Waals surface area contributed by atoms with E-state index < -0.39 is 0 Å². The zero-order valence-corrected chi connectivity index (χ0v) is 11.9. The van der Waals surface area contributed by atoms with Crippen LogP contribution in [0.1, 0.15) is 17.0 Å². The van der Waals surface area contributed by atoms with Gasteiger partial charge in [-0.1, -0.05) is 24.3 Å². The molecule has 5 nitrogen and oxygen atoms in total. The van der Waals surface area contributed by atoms with Crippen molar-refractivity contribution in [1.29, 1.82) is 0 Å². The van der Waals surface area contributed by atoms with Crippen LogP contribution >= 0.6 is 0 Å². The molecular formula is C16H18N2O3. The Hall–Kier alpha value is -2.40. The highest BCUT2D eigenvalue weighted by Crippen LogP contribution is 2.24. The van der Waals surface area contributed by atoms with Gasteiger partial charge in [0, 0.05) is 18.1 Å². The van der Waals surface area contributed by atoms with Crippen molar-refractivity contribution < 1.29 is 9.66 Å². The molecule has 0 amide bonds. The van der Waals surface area contributed by atoms with Crippen molar-refractivity contribution in [3.8, 4) is 5.75 Å². The van der Waals surface area contributed by atoms with E-state index in [9.17, 15) is 10.1 Å². The minimum atomic E-state index is -0.381. The molecule has 0 aromatic heterocycles. The number of hydrogen-bond acceptors (Lipinski definition) is 4. The van der Waals surface area contributed by atoms with E-state index in [2.05, 4.69) is 0 Å². The summed E-state index contributed by atoms with van der Waals surface area (Å²) in [6, 6.07) is 14.4. The van der Waals surface area contributed by atoms with Gasteiger partial charge in [0.1, 0.15) is 5.75 Å². The number of ether oxygens (including phenoxy) is 1. The number of benzene rings is 2. The molecule has 0 heterocycles. The molecule has 1 unspecified atom stereocenters. The van der Waals surface area contributed by atoms with Gasteiger partial charge in [-0.25, -0.2) is 0 Å². The fraction of sp³-hybridized carbons (Fsp3) is 0.250. The van der Waals surface area contributed by atoms with Crippen molar-refractivity contribution >= 4 is 5.69 Å². The Balaban J connectivity index is 2.18. The fourth-order valence-corrected chi connectivity index (χ4v) is 2.29. The number of nitrogens with two attached hydrogens (primary N) is 1. The molecule has 0 saturated heterocycles. The fourth-order valence-electron chi connectivity index (χ4n) is 2.29. The topological polar surface area (TPSA) is 78.4 Å². The molecule has 0 radical (unpaired) electrons. The molecule has 2 N–H and O–H groups in total. The Labute approximate surface area is 123 Å². The van der Waals surface area contributed by atoms with Gasteiger partial charge in [0.2, 0.25) is 0 Å². The number of nitro groups is 1. The molecule has 2 rings (SSSR count). The first-order valence-electron chi connectivity index (χ1n) is 6.71. The van der Waals surface area contributed by atoms with Crippen LogP contribution < -0.4 is 10.5 Å². The number of methoxy groups -OCH3 is 1. The lowest BCUT2D eigenvalue weighted by Crippen LogP contribution is -2.15. The van der Waals surface area contributed by atoms with Crippen LogP contribution in [0.15, 0.2) is 48.5 Å². The third kappa shape index (κ3) is 3.79. The highest BCUT2D eigenvalue weighted by molar-refractivity contribution is 5.36. The first-order chi connectivity index (χ1) is 10.1. The van der Waals surface area contributed by atoms with E-state index in [4.69, 9.17) is 10.5 Å². The molecule has 0 spiro atoms. The zero-order valence-electron chi connectivity index (χ0n) is 11.9. The smallest absolute Gasteiger partial charge is 0.269 e. The van der Waals surface area contributed by atoms with Gasteiger partial charge < -0.3 is 10.5 Å². The Morgan fingerprint density at radius 1 is 1.24 bits per heavy atom. The summed E-state index contributed by atoms with van der Waals surface area (Å²) in [5.74, 6) is 0.919. The van der Waals surface area contributed by atoms with Crippen LogP contribution in [0.2, 0.25) is 0 Å². The third-order valence-corrected chi connectivity index (χ3v) is 3.48. The second-order valence-corrected chi connectivity index (χ2v) is 4.84. The lowest BCUT2D eigenvalue weighted by Gasteiger charge is -2.15. The molecule has 110 valence electrons. The monoisotopic (exact) mass is 286 g/mol. The lowest BCUT2D eigenvalue weighted by molar-refractivity contribution is -0.384. The van der Waals surface area contributed by atoms with E-state index in [1.807, 2.05) is 30.3 Å². The van der Waals surface area contributed by atoms with Crippen LogP contribution in [0.4, 0.5) is 5.69 Å². The number of rotatable bonds is 6. The maximum Gasteiger partial charge on any atom is 0.269 e. The molecule has 0 fully saturated rings. The number of non-ortho nitro benzene ring substituents is 1. The van der Waals surface area contributed by atoms with E-state index >= 15 is 0 Å². The average Bonchev–Trinajstić information content (AvgIpc) is 2.53. The molecule has 0 aliphatic heterocycles. The van der Waals surface area contributed by atoms with Gasteiger partial charge in [0.25, 0.3) is 5.69 Å². The molecule has 2 aromatic carbocycles. The molecule has 0 saturated carbocycles. The Kier molecular flexibility index (Phi) is 4.90. The Bertz CT molecular complexity index is 611. The van der Waals surface area contributed by atoms with Crippen molar-refractivity contribution in [2.75, 3.05) is 13.7 Å². The molecule has 0 aliphatic carbocycles. The summed E-state index contributed by atoms with van der Waals surface area (Å²) >= 11 is 0. The van der Waals surface area contributed by atoms with Gasteiger partial charge in [-0.3, -0.25) is 10.1 Å². The van der Waals surface area contributed by atoms with Crippen LogP contribution in [0.3, 0.4) is 0 Å². The summed E-state index contributed by atoms with van der Waals surface area (Å²) in [4.78, 5) is 10.4. The minimum absolute atomic E-state index is 0.109. The molecular weight excluding hydrogens is 268 g/mol. The third-order valence-electron chi connectivity index (χ3n) is 3.48. The summed E-state index contributed by atoms with van der Waals surface area (Å²) in [5.41, 5.74) is 7.98. The maximum absolute atomic E-state index is 10.8. The standard InChI is InChI=1S/C16H18N2O3/c1-21-16-7-5-13(6-8-16)14(11-17)9-12-3-2-4-15(10-12)18(19)20/h2-8,10,14H,9,11,17H2,1H3. The van der Waals surface area contributed by atoms with Gasteiger partial charge in [0.05, 0.1) is 12.0 Å². The van der Waals surface area contributed by atoms with Crippen LogP contribution in [0, 0.1) is 10.1 Å². The summed E-state index contributed by atoms with van der Waals surface area (Å²) < 4.78 is 5.14. The summed E-state index contributed by atoms with van der Waals surface area (Å²) in [7, 11) is 1.62. The van der Waals surface area contributed by atoms with E-state index in [-0.39, 0.29) is 16.5 Å². The molecule has 1 atom stereocenters. The summed E-state index contributed by atoms with van der Waals surface area (Å²) in [6.07, 6.45) is 0.671. The first-order valence-corrected chi connectivity index (χ1v) is 6.71. The summed E-state index contributed by atoms with van der Waals surface area (Å²) in [5, 5.41) is 10.8. The first kappa shape index (κ1) is 15.0. The average molecular weight is 286 g/mol. The zero-order chi connectivity index (χ0) is 15.2. The van der Waals surface area contributed by atoms with Crippen LogP contribution in [0.25, 0.3) is 0 Å². The number of hydrogen-bond donors (Lipinski definition) is 1. The van der Waals surface area contributed by atoms with E-state index in [0.717, 1.165) is 16.9 Å². The van der Waals surface area contributed by atoms with Crippen molar-refractivity contribution in [1.82, 2.24) is 0 Å². The quantitative estimate of drug-likeness (QED) is 0.654. The van der Waals surface area contributed by atoms with E-state index in [0.29, 0.717) is 13.0 Å². The van der Waals surface area contributed by atoms with Crippen LogP contribution in [0.5, 0.6) is 5.75 Å². The van der Waals surface area contributed by atoms with Gasteiger partial charge in [-0.05, 0) is 36.2 Å². The van der Waals surface area contributed by atoms with Crippen LogP contribution in [-0.2, 0) is 6.42 Å². The van der Waals surface area contributed by atoms with E-state index in [1.165, 1.54) is 6.07 Å².